The van der Waals surface area contributed by atoms with E-state index in [0.29, 0.717) is 12.5 Å². The van der Waals surface area contributed by atoms with Gasteiger partial charge in [-0.3, -0.25) is 0 Å². The molecule has 5 heteroatoms. The van der Waals surface area contributed by atoms with Gasteiger partial charge in [-0.15, -0.1) is 0 Å². The molecule has 0 saturated heterocycles. The smallest absolute Gasteiger partial charge is 0.123 e. The van der Waals surface area contributed by atoms with Crippen molar-refractivity contribution in [3.63, 3.8) is 0 Å². The maximum atomic E-state index is 10.0. The Labute approximate surface area is 139 Å². The third-order valence-electron chi connectivity index (χ3n) is 3.46. The van der Waals surface area contributed by atoms with Gasteiger partial charge in [-0.2, -0.15) is 0 Å². The van der Waals surface area contributed by atoms with Gasteiger partial charge in [0, 0.05) is 24.7 Å². The summed E-state index contributed by atoms with van der Waals surface area (Å²) >= 11 is 6.18. The molecule has 1 aromatic rings. The van der Waals surface area contributed by atoms with Gasteiger partial charge in [-0.1, -0.05) is 25.4 Å². The average molecular weight is 329 g/mol. The number of nitrogens with zero attached hydrogens (tertiary/aromatic N) is 1. The van der Waals surface area contributed by atoms with Gasteiger partial charge in [0.1, 0.15) is 18.5 Å². The van der Waals surface area contributed by atoms with E-state index in [9.17, 15) is 5.11 Å². The summed E-state index contributed by atoms with van der Waals surface area (Å²) in [6, 6.07) is 3.91. The van der Waals surface area contributed by atoms with Gasteiger partial charge in [-0.25, -0.2) is 0 Å². The van der Waals surface area contributed by atoms with Gasteiger partial charge in [0.2, 0.25) is 0 Å². The quantitative estimate of drug-likeness (QED) is 0.684. The van der Waals surface area contributed by atoms with Gasteiger partial charge in [0.05, 0.1) is 0 Å². The average Bonchev–Trinajstić information content (AvgIpc) is 2.44. The fourth-order valence-electron chi connectivity index (χ4n) is 2.06. The summed E-state index contributed by atoms with van der Waals surface area (Å²) < 4.78 is 5.82. The Morgan fingerprint density at radius 2 is 2.00 bits per heavy atom. The number of aliphatic hydroxyl groups is 1. The SMILES string of the molecule is Cc1cc(OC[C@H](O)CNCCN(C)C)c(C(C)C)cc1Cl. The van der Waals surface area contributed by atoms with E-state index in [1.165, 1.54) is 0 Å². The largest absolute Gasteiger partial charge is 0.491 e. The second kappa shape index (κ2) is 9.36. The number of hydrogen-bond acceptors (Lipinski definition) is 4. The minimum atomic E-state index is -0.529. The van der Waals surface area contributed by atoms with Crippen LogP contribution in [0.3, 0.4) is 0 Å². The molecule has 2 N–H and O–H groups in total. The predicted octanol–water partition coefficient (Wildman–Crippen LogP) is 2.66. The Hall–Kier alpha value is -0.810. The van der Waals surface area contributed by atoms with E-state index < -0.39 is 6.10 Å². The third-order valence-corrected chi connectivity index (χ3v) is 3.87. The fourth-order valence-corrected chi connectivity index (χ4v) is 2.23. The van der Waals surface area contributed by atoms with E-state index in [2.05, 4.69) is 24.1 Å². The zero-order valence-corrected chi connectivity index (χ0v) is 15.1. The first-order valence-corrected chi connectivity index (χ1v) is 8.15. The summed E-state index contributed by atoms with van der Waals surface area (Å²) in [5.41, 5.74) is 2.06. The van der Waals surface area contributed by atoms with Crippen LogP contribution in [-0.2, 0) is 0 Å². The molecule has 0 radical (unpaired) electrons. The van der Waals surface area contributed by atoms with Crippen LogP contribution in [0.2, 0.25) is 5.02 Å². The molecule has 1 aromatic carbocycles. The van der Waals surface area contributed by atoms with Crippen molar-refractivity contribution in [1.29, 1.82) is 0 Å². The van der Waals surface area contributed by atoms with Gasteiger partial charge < -0.3 is 20.1 Å². The fraction of sp³-hybridized carbons (Fsp3) is 0.647. The van der Waals surface area contributed by atoms with Crippen LogP contribution in [0.1, 0.15) is 30.9 Å². The molecule has 22 heavy (non-hydrogen) atoms. The van der Waals surface area contributed by atoms with Crippen molar-refractivity contribution in [1.82, 2.24) is 10.2 Å². The molecule has 0 saturated carbocycles. The molecule has 0 fully saturated rings. The topological polar surface area (TPSA) is 44.7 Å². The van der Waals surface area contributed by atoms with Crippen LogP contribution < -0.4 is 10.1 Å². The van der Waals surface area contributed by atoms with Crippen LogP contribution in [0.4, 0.5) is 0 Å². The van der Waals surface area contributed by atoms with Gasteiger partial charge >= 0.3 is 0 Å². The number of aliphatic hydroxyl groups excluding tert-OH is 1. The minimum absolute atomic E-state index is 0.274. The maximum absolute atomic E-state index is 10.0. The predicted molar refractivity (Wildman–Crippen MR) is 93.2 cm³/mol. The second-order valence-electron chi connectivity index (χ2n) is 6.27. The zero-order chi connectivity index (χ0) is 16.7. The van der Waals surface area contributed by atoms with Gasteiger partial charge in [0.25, 0.3) is 0 Å². The number of aryl methyl sites for hydroxylation is 1. The monoisotopic (exact) mass is 328 g/mol. The number of hydrogen-bond donors (Lipinski definition) is 2. The van der Waals surface area contributed by atoms with E-state index in [1.807, 2.05) is 33.2 Å². The summed E-state index contributed by atoms with van der Waals surface area (Å²) in [7, 11) is 4.05. The van der Waals surface area contributed by atoms with Crippen molar-refractivity contribution in [2.75, 3.05) is 40.3 Å². The number of rotatable bonds is 9. The molecule has 0 unspecified atom stereocenters. The lowest BCUT2D eigenvalue weighted by Gasteiger charge is -2.18. The minimum Gasteiger partial charge on any atom is -0.491 e. The van der Waals surface area contributed by atoms with Crippen LogP contribution in [0.15, 0.2) is 12.1 Å². The summed E-state index contributed by atoms with van der Waals surface area (Å²) in [5.74, 6) is 1.13. The van der Waals surface area contributed by atoms with Crippen molar-refractivity contribution in [3.8, 4) is 5.75 Å². The van der Waals surface area contributed by atoms with E-state index in [4.69, 9.17) is 16.3 Å². The lowest BCUT2D eigenvalue weighted by molar-refractivity contribution is 0.105. The lowest BCUT2D eigenvalue weighted by Crippen LogP contribution is -2.35. The van der Waals surface area contributed by atoms with E-state index in [0.717, 1.165) is 35.0 Å². The number of nitrogens with one attached hydrogen (secondary N) is 1. The maximum Gasteiger partial charge on any atom is 0.123 e. The van der Waals surface area contributed by atoms with Crippen molar-refractivity contribution in [3.05, 3.63) is 28.3 Å². The molecule has 0 bridgehead atoms. The molecule has 0 spiro atoms. The molecule has 0 aliphatic heterocycles. The number of likely N-dealkylation sites (N-methyl/N-ethyl adjacent to an activating group) is 1. The highest BCUT2D eigenvalue weighted by Gasteiger charge is 2.13. The van der Waals surface area contributed by atoms with Crippen LogP contribution >= 0.6 is 11.6 Å². The molecule has 126 valence electrons. The molecule has 1 rings (SSSR count). The van der Waals surface area contributed by atoms with E-state index >= 15 is 0 Å². The number of benzene rings is 1. The highest BCUT2D eigenvalue weighted by atomic mass is 35.5. The molecule has 4 nitrogen and oxygen atoms in total. The third kappa shape index (κ3) is 6.53. The van der Waals surface area contributed by atoms with Crippen molar-refractivity contribution in [2.24, 2.45) is 0 Å². The highest BCUT2D eigenvalue weighted by molar-refractivity contribution is 6.31. The second-order valence-corrected chi connectivity index (χ2v) is 6.67. The molecular formula is C17H29ClN2O2. The Morgan fingerprint density at radius 3 is 2.59 bits per heavy atom. The van der Waals surface area contributed by atoms with Crippen molar-refractivity contribution < 1.29 is 9.84 Å². The molecule has 0 aliphatic carbocycles. The van der Waals surface area contributed by atoms with Crippen molar-refractivity contribution in [2.45, 2.75) is 32.8 Å². The first-order valence-electron chi connectivity index (χ1n) is 7.77. The normalized spacial score (nSPS) is 13.0. The molecule has 0 amide bonds. The van der Waals surface area contributed by atoms with Crippen LogP contribution in [-0.4, -0.2) is 56.4 Å². The molecule has 0 aliphatic rings. The first-order chi connectivity index (χ1) is 10.3. The van der Waals surface area contributed by atoms with Gasteiger partial charge in [0.15, 0.2) is 0 Å². The van der Waals surface area contributed by atoms with Crippen LogP contribution in [0.25, 0.3) is 0 Å². The molecule has 0 heterocycles. The first kappa shape index (κ1) is 19.2. The van der Waals surface area contributed by atoms with Crippen LogP contribution in [0.5, 0.6) is 5.75 Å². The Kier molecular flexibility index (Phi) is 8.18. The zero-order valence-electron chi connectivity index (χ0n) is 14.3. The summed E-state index contributed by atoms with van der Waals surface area (Å²) in [4.78, 5) is 2.10. The molecule has 0 aromatic heterocycles. The lowest BCUT2D eigenvalue weighted by atomic mass is 10.0. The Balaban J connectivity index is 2.51. The summed E-state index contributed by atoms with van der Waals surface area (Å²) in [6.45, 7) is 8.76. The molecular weight excluding hydrogens is 300 g/mol. The van der Waals surface area contributed by atoms with Crippen molar-refractivity contribution >= 4 is 11.6 Å². The van der Waals surface area contributed by atoms with E-state index in [1.54, 1.807) is 0 Å². The highest BCUT2D eigenvalue weighted by Crippen LogP contribution is 2.32. The van der Waals surface area contributed by atoms with Crippen LogP contribution in [0, 0.1) is 6.92 Å². The standard InChI is InChI=1S/C17H29ClN2O2/c1-12(2)15-9-16(18)13(3)8-17(15)22-11-14(21)10-19-6-7-20(4)5/h8-9,12,14,19,21H,6-7,10-11H2,1-5H3/t14-/m1/s1. The Morgan fingerprint density at radius 1 is 1.32 bits per heavy atom. The van der Waals surface area contributed by atoms with Gasteiger partial charge in [-0.05, 0) is 50.2 Å². The molecule has 1 atom stereocenters. The summed E-state index contributed by atoms with van der Waals surface area (Å²) in [5, 5.41) is 14.0. The number of halogens is 1. The number of ether oxygens (including phenoxy) is 1. The summed E-state index contributed by atoms with van der Waals surface area (Å²) in [6.07, 6.45) is -0.529. The van der Waals surface area contributed by atoms with E-state index in [-0.39, 0.29) is 6.61 Å². The Bertz CT molecular complexity index is 464.